The number of nitrogens with zero attached hydrogens (tertiary/aromatic N) is 1. The zero-order valence-corrected chi connectivity index (χ0v) is 12.6. The topological polar surface area (TPSA) is 44.7 Å². The third kappa shape index (κ3) is 4.47. The Bertz CT molecular complexity index is 393. The van der Waals surface area contributed by atoms with Crippen molar-refractivity contribution in [1.29, 1.82) is 0 Å². The minimum absolute atomic E-state index is 0.484. The highest BCUT2D eigenvalue weighted by atomic mass is 16.5. The van der Waals surface area contributed by atoms with Gasteiger partial charge in [-0.1, -0.05) is 12.1 Å². The molecule has 0 saturated carbocycles. The molecule has 2 rings (SSSR count). The minimum atomic E-state index is -0.484. The van der Waals surface area contributed by atoms with Crippen LogP contribution in [0.1, 0.15) is 25.3 Å². The average Bonchev–Trinajstić information content (AvgIpc) is 2.45. The predicted octanol–water partition coefficient (Wildman–Crippen LogP) is 1.77. The molecule has 1 aromatic rings. The Morgan fingerprint density at radius 2 is 1.90 bits per heavy atom. The summed E-state index contributed by atoms with van der Waals surface area (Å²) in [4.78, 5) is 2.35. The summed E-state index contributed by atoms with van der Waals surface area (Å²) in [5, 5.41) is 13.3. The number of piperidine rings is 1. The molecule has 0 aliphatic carbocycles. The second kappa shape index (κ2) is 7.07. The lowest BCUT2D eigenvalue weighted by molar-refractivity contribution is 0.0351. The lowest BCUT2D eigenvalue weighted by Crippen LogP contribution is -2.42. The van der Waals surface area contributed by atoms with Crippen LogP contribution in [0.2, 0.25) is 0 Å². The molecule has 4 heteroatoms. The van der Waals surface area contributed by atoms with Crippen molar-refractivity contribution in [1.82, 2.24) is 5.32 Å². The number of nitrogens with one attached hydrogen (secondary N) is 1. The maximum absolute atomic E-state index is 9.98. The van der Waals surface area contributed by atoms with Crippen molar-refractivity contribution in [3.05, 3.63) is 29.8 Å². The highest BCUT2D eigenvalue weighted by molar-refractivity contribution is 5.48. The molecule has 0 atom stereocenters. The van der Waals surface area contributed by atoms with Gasteiger partial charge in [-0.2, -0.15) is 0 Å². The van der Waals surface area contributed by atoms with Crippen molar-refractivity contribution in [2.24, 2.45) is 0 Å². The van der Waals surface area contributed by atoms with Crippen LogP contribution in [0.25, 0.3) is 0 Å². The summed E-state index contributed by atoms with van der Waals surface area (Å²) in [5.41, 5.74) is 2.05. The van der Waals surface area contributed by atoms with Gasteiger partial charge in [-0.05, 0) is 37.5 Å². The van der Waals surface area contributed by atoms with Crippen molar-refractivity contribution in [3.8, 4) is 0 Å². The minimum Gasteiger partial charge on any atom is -0.390 e. The molecule has 1 aliphatic rings. The van der Waals surface area contributed by atoms with E-state index in [1.807, 2.05) is 6.92 Å². The molecule has 2 N–H and O–H groups in total. The normalized spacial score (nSPS) is 18.2. The smallest absolute Gasteiger partial charge is 0.0653 e. The zero-order valence-electron chi connectivity index (χ0n) is 12.6. The second-order valence-corrected chi connectivity index (χ2v) is 5.82. The fourth-order valence-electron chi connectivity index (χ4n) is 2.48. The van der Waals surface area contributed by atoms with E-state index >= 15 is 0 Å². The number of ether oxygens (including phenoxy) is 1. The molecule has 4 nitrogen and oxygen atoms in total. The van der Waals surface area contributed by atoms with Crippen LogP contribution in [-0.2, 0) is 11.3 Å². The molecule has 1 saturated heterocycles. The summed E-state index contributed by atoms with van der Waals surface area (Å²) in [6, 6.07) is 8.69. The number of benzene rings is 1. The molecule has 0 bridgehead atoms. The molecule has 0 aromatic heterocycles. The summed E-state index contributed by atoms with van der Waals surface area (Å²) in [6.45, 7) is 6.28. The highest BCUT2D eigenvalue weighted by Crippen LogP contribution is 2.25. The monoisotopic (exact) mass is 278 g/mol. The molecular formula is C16H26N2O2. The molecule has 0 radical (unpaired) electrons. The third-order valence-electron chi connectivity index (χ3n) is 3.95. The van der Waals surface area contributed by atoms with Crippen molar-refractivity contribution >= 4 is 5.69 Å². The van der Waals surface area contributed by atoms with Crippen molar-refractivity contribution in [2.45, 2.75) is 31.9 Å². The van der Waals surface area contributed by atoms with Crippen LogP contribution in [0.15, 0.2) is 24.3 Å². The number of methoxy groups -OCH3 is 1. The summed E-state index contributed by atoms with van der Waals surface area (Å²) in [7, 11) is 1.71. The van der Waals surface area contributed by atoms with Gasteiger partial charge in [-0.3, -0.25) is 0 Å². The van der Waals surface area contributed by atoms with Gasteiger partial charge in [0.2, 0.25) is 0 Å². The standard InChI is InChI=1S/C16H26N2O2/c1-16(19)7-10-18(11-8-16)15-5-3-14(4-6-15)13-17-9-12-20-2/h3-6,17,19H,7-13H2,1-2H3. The number of hydrogen-bond acceptors (Lipinski definition) is 4. The first-order chi connectivity index (χ1) is 9.61. The largest absolute Gasteiger partial charge is 0.390 e. The second-order valence-electron chi connectivity index (χ2n) is 5.82. The van der Waals surface area contributed by atoms with Gasteiger partial charge in [0, 0.05) is 39.0 Å². The molecule has 112 valence electrons. The van der Waals surface area contributed by atoms with E-state index in [1.54, 1.807) is 7.11 Å². The van der Waals surface area contributed by atoms with Crippen LogP contribution in [0.3, 0.4) is 0 Å². The molecule has 1 heterocycles. The Labute approximate surface area is 121 Å². The van der Waals surface area contributed by atoms with Gasteiger partial charge in [-0.15, -0.1) is 0 Å². The quantitative estimate of drug-likeness (QED) is 0.779. The lowest BCUT2D eigenvalue weighted by Gasteiger charge is -2.37. The van der Waals surface area contributed by atoms with E-state index in [-0.39, 0.29) is 0 Å². The summed E-state index contributed by atoms with van der Waals surface area (Å²) >= 11 is 0. The highest BCUT2D eigenvalue weighted by Gasteiger charge is 2.27. The number of anilines is 1. The van der Waals surface area contributed by atoms with E-state index in [4.69, 9.17) is 4.74 Å². The maximum Gasteiger partial charge on any atom is 0.0653 e. The van der Waals surface area contributed by atoms with E-state index in [2.05, 4.69) is 34.5 Å². The van der Waals surface area contributed by atoms with Crippen LogP contribution in [0.5, 0.6) is 0 Å². The molecule has 0 amide bonds. The van der Waals surface area contributed by atoms with E-state index in [9.17, 15) is 5.11 Å². The van der Waals surface area contributed by atoms with Crippen molar-refractivity contribution in [2.75, 3.05) is 38.3 Å². The van der Waals surface area contributed by atoms with Crippen LogP contribution in [0, 0.1) is 0 Å². The average molecular weight is 278 g/mol. The first-order valence-corrected chi connectivity index (χ1v) is 7.37. The van der Waals surface area contributed by atoms with Crippen molar-refractivity contribution < 1.29 is 9.84 Å². The number of aliphatic hydroxyl groups is 1. The third-order valence-corrected chi connectivity index (χ3v) is 3.95. The molecular weight excluding hydrogens is 252 g/mol. The molecule has 1 aromatic carbocycles. The van der Waals surface area contributed by atoms with Gasteiger partial charge >= 0.3 is 0 Å². The number of hydrogen-bond donors (Lipinski definition) is 2. The lowest BCUT2D eigenvalue weighted by atomic mass is 9.93. The Morgan fingerprint density at radius 3 is 2.50 bits per heavy atom. The van der Waals surface area contributed by atoms with Crippen LogP contribution in [-0.4, -0.2) is 44.1 Å². The van der Waals surface area contributed by atoms with Gasteiger partial charge in [0.05, 0.1) is 12.2 Å². The van der Waals surface area contributed by atoms with Crippen LogP contribution in [0.4, 0.5) is 5.69 Å². The predicted molar refractivity (Wildman–Crippen MR) is 82.1 cm³/mol. The molecule has 0 unspecified atom stereocenters. The van der Waals surface area contributed by atoms with E-state index in [0.717, 1.165) is 45.6 Å². The Balaban J connectivity index is 1.82. The molecule has 1 fully saturated rings. The van der Waals surface area contributed by atoms with E-state index < -0.39 is 5.60 Å². The van der Waals surface area contributed by atoms with Gasteiger partial charge < -0.3 is 20.1 Å². The van der Waals surface area contributed by atoms with Gasteiger partial charge in [0.25, 0.3) is 0 Å². The first-order valence-electron chi connectivity index (χ1n) is 7.37. The van der Waals surface area contributed by atoms with Crippen LogP contribution >= 0.6 is 0 Å². The van der Waals surface area contributed by atoms with Gasteiger partial charge in [0.1, 0.15) is 0 Å². The fourth-order valence-corrected chi connectivity index (χ4v) is 2.48. The maximum atomic E-state index is 9.98. The van der Waals surface area contributed by atoms with Crippen molar-refractivity contribution in [3.63, 3.8) is 0 Å². The van der Waals surface area contributed by atoms with E-state index in [1.165, 1.54) is 11.3 Å². The molecule has 20 heavy (non-hydrogen) atoms. The fraction of sp³-hybridized carbons (Fsp3) is 0.625. The SMILES string of the molecule is COCCNCc1ccc(N2CCC(C)(O)CC2)cc1. The summed E-state index contributed by atoms with van der Waals surface area (Å²) in [6.07, 6.45) is 1.68. The van der Waals surface area contributed by atoms with Gasteiger partial charge in [-0.25, -0.2) is 0 Å². The first kappa shape index (κ1) is 15.3. The van der Waals surface area contributed by atoms with Gasteiger partial charge in [0.15, 0.2) is 0 Å². The van der Waals surface area contributed by atoms with Crippen LogP contribution < -0.4 is 10.2 Å². The molecule has 0 spiro atoms. The Morgan fingerprint density at radius 1 is 1.25 bits per heavy atom. The molecule has 1 aliphatic heterocycles. The summed E-state index contributed by atoms with van der Waals surface area (Å²) < 4.78 is 5.01. The Hall–Kier alpha value is -1.10. The zero-order chi connectivity index (χ0) is 14.4. The van der Waals surface area contributed by atoms with E-state index in [0.29, 0.717) is 0 Å². The summed E-state index contributed by atoms with van der Waals surface area (Å²) in [5.74, 6) is 0. The number of rotatable bonds is 6. The Kier molecular flexibility index (Phi) is 5.40.